The predicted molar refractivity (Wildman–Crippen MR) is 137 cm³/mol. The summed E-state index contributed by atoms with van der Waals surface area (Å²) in [5.74, 6) is -0.908. The molecule has 1 fully saturated rings. The molecule has 10 heteroatoms. The van der Waals surface area contributed by atoms with E-state index >= 15 is 0 Å². The number of halogens is 1. The van der Waals surface area contributed by atoms with Crippen molar-refractivity contribution in [1.82, 2.24) is 10.2 Å². The van der Waals surface area contributed by atoms with Gasteiger partial charge in [-0.2, -0.15) is 0 Å². The lowest BCUT2D eigenvalue weighted by Gasteiger charge is -2.32. The second kappa shape index (κ2) is 12.2. The number of amides is 2. The average Bonchev–Trinajstić information content (AvgIpc) is 3.34. The minimum atomic E-state index is -3.85. The van der Waals surface area contributed by atoms with Crippen LogP contribution in [0.2, 0.25) is 0 Å². The van der Waals surface area contributed by atoms with E-state index in [9.17, 15) is 22.4 Å². The number of carbonyl (C=O) groups is 2. The number of sulfonamides is 1. The van der Waals surface area contributed by atoms with Crippen molar-refractivity contribution < 1.29 is 27.1 Å². The molecule has 0 radical (unpaired) electrons. The zero-order valence-corrected chi connectivity index (χ0v) is 21.8. The van der Waals surface area contributed by atoms with Crippen LogP contribution in [0.1, 0.15) is 45.1 Å². The van der Waals surface area contributed by atoms with Crippen LogP contribution in [0.4, 0.5) is 10.1 Å². The Hall–Kier alpha value is -3.14. The molecular formula is C26H34FN3O5S. The van der Waals surface area contributed by atoms with E-state index in [0.717, 1.165) is 36.2 Å². The van der Waals surface area contributed by atoms with Gasteiger partial charge in [-0.25, -0.2) is 12.8 Å². The first-order valence-electron chi connectivity index (χ1n) is 12.1. The van der Waals surface area contributed by atoms with Gasteiger partial charge in [0.25, 0.3) is 0 Å². The summed E-state index contributed by atoms with van der Waals surface area (Å²) in [6, 6.07) is 11.5. The van der Waals surface area contributed by atoms with Crippen molar-refractivity contribution in [2.45, 2.75) is 58.2 Å². The first kappa shape index (κ1) is 27.4. The van der Waals surface area contributed by atoms with Crippen molar-refractivity contribution in [3.63, 3.8) is 0 Å². The second-order valence-electron chi connectivity index (χ2n) is 8.98. The third-order valence-electron chi connectivity index (χ3n) is 6.28. The number of carbonyl (C=O) groups excluding carboxylic acids is 2. The van der Waals surface area contributed by atoms with Crippen molar-refractivity contribution in [3.8, 4) is 5.75 Å². The smallest absolute Gasteiger partial charge is 0.244 e. The highest BCUT2D eigenvalue weighted by atomic mass is 32.2. The maximum atomic E-state index is 14.5. The summed E-state index contributed by atoms with van der Waals surface area (Å²) in [4.78, 5) is 27.8. The Balaban J connectivity index is 1.87. The number of nitrogens with zero attached hydrogens (tertiary/aromatic N) is 2. The largest absolute Gasteiger partial charge is 0.494 e. The lowest BCUT2D eigenvalue weighted by molar-refractivity contribution is -0.139. The van der Waals surface area contributed by atoms with Crippen LogP contribution in [0, 0.1) is 5.82 Å². The van der Waals surface area contributed by atoms with Gasteiger partial charge in [-0.15, -0.1) is 0 Å². The molecule has 36 heavy (non-hydrogen) atoms. The SMILES string of the molecule is CCOc1ccc(N(CC(=O)N(Cc2ccccc2F)[C@H](C)C(=O)NC2CCCC2)S(C)(=O)=O)cc1. The highest BCUT2D eigenvalue weighted by Crippen LogP contribution is 2.23. The summed E-state index contributed by atoms with van der Waals surface area (Å²) in [5.41, 5.74) is 0.515. The molecule has 0 bridgehead atoms. The summed E-state index contributed by atoms with van der Waals surface area (Å²) in [5, 5.41) is 2.98. The Morgan fingerprint density at radius 1 is 1.11 bits per heavy atom. The molecule has 3 rings (SSSR count). The fourth-order valence-electron chi connectivity index (χ4n) is 4.27. The van der Waals surface area contributed by atoms with Gasteiger partial charge in [-0.3, -0.25) is 13.9 Å². The molecule has 0 saturated heterocycles. The van der Waals surface area contributed by atoms with Crippen LogP contribution < -0.4 is 14.4 Å². The van der Waals surface area contributed by atoms with E-state index in [2.05, 4.69) is 5.32 Å². The van der Waals surface area contributed by atoms with Gasteiger partial charge in [0.1, 0.15) is 24.2 Å². The molecule has 1 N–H and O–H groups in total. The summed E-state index contributed by atoms with van der Waals surface area (Å²) >= 11 is 0. The van der Waals surface area contributed by atoms with Gasteiger partial charge in [0, 0.05) is 18.2 Å². The Kier molecular flexibility index (Phi) is 9.31. The monoisotopic (exact) mass is 519 g/mol. The Morgan fingerprint density at radius 2 is 1.75 bits per heavy atom. The van der Waals surface area contributed by atoms with Gasteiger partial charge < -0.3 is 15.0 Å². The van der Waals surface area contributed by atoms with Gasteiger partial charge in [0.15, 0.2) is 0 Å². The number of ether oxygens (including phenoxy) is 1. The molecule has 0 aromatic heterocycles. The van der Waals surface area contributed by atoms with Gasteiger partial charge in [-0.05, 0) is 57.0 Å². The van der Waals surface area contributed by atoms with Crippen LogP contribution >= 0.6 is 0 Å². The molecule has 0 unspecified atom stereocenters. The van der Waals surface area contributed by atoms with Crippen molar-refractivity contribution in [1.29, 1.82) is 0 Å². The van der Waals surface area contributed by atoms with Crippen molar-refractivity contribution in [2.24, 2.45) is 0 Å². The second-order valence-corrected chi connectivity index (χ2v) is 10.9. The Morgan fingerprint density at radius 3 is 2.33 bits per heavy atom. The van der Waals surface area contributed by atoms with Gasteiger partial charge >= 0.3 is 0 Å². The van der Waals surface area contributed by atoms with Gasteiger partial charge in [-0.1, -0.05) is 31.0 Å². The quantitative estimate of drug-likeness (QED) is 0.491. The molecule has 2 amide bonds. The van der Waals surface area contributed by atoms with E-state index < -0.39 is 34.3 Å². The van der Waals surface area contributed by atoms with Crippen LogP contribution in [0.15, 0.2) is 48.5 Å². The van der Waals surface area contributed by atoms with Crippen LogP contribution in [0.3, 0.4) is 0 Å². The molecule has 1 aliphatic rings. The molecule has 2 aromatic rings. The molecular weight excluding hydrogens is 485 g/mol. The normalized spacial score (nSPS) is 14.8. The third kappa shape index (κ3) is 7.19. The molecule has 2 aromatic carbocycles. The molecule has 8 nitrogen and oxygen atoms in total. The Bertz CT molecular complexity index is 1150. The average molecular weight is 520 g/mol. The van der Waals surface area contributed by atoms with Crippen LogP contribution in [0.25, 0.3) is 0 Å². The zero-order chi connectivity index (χ0) is 26.3. The highest BCUT2D eigenvalue weighted by molar-refractivity contribution is 7.92. The van der Waals surface area contributed by atoms with E-state index in [1.807, 2.05) is 6.92 Å². The maximum Gasteiger partial charge on any atom is 0.244 e. The first-order chi connectivity index (χ1) is 17.1. The fraction of sp³-hybridized carbons (Fsp3) is 0.462. The van der Waals surface area contributed by atoms with E-state index in [1.165, 1.54) is 17.0 Å². The highest BCUT2D eigenvalue weighted by Gasteiger charge is 2.31. The van der Waals surface area contributed by atoms with E-state index in [4.69, 9.17) is 4.74 Å². The van der Waals surface area contributed by atoms with E-state index in [1.54, 1.807) is 43.3 Å². The molecule has 0 aliphatic heterocycles. The summed E-state index contributed by atoms with van der Waals surface area (Å²) in [6.07, 6.45) is 4.82. The van der Waals surface area contributed by atoms with Crippen molar-refractivity contribution in [2.75, 3.05) is 23.7 Å². The molecule has 1 saturated carbocycles. The fourth-order valence-corrected chi connectivity index (χ4v) is 5.12. The zero-order valence-electron chi connectivity index (χ0n) is 20.9. The summed E-state index contributed by atoms with van der Waals surface area (Å²) in [7, 11) is -3.85. The van der Waals surface area contributed by atoms with Gasteiger partial charge in [0.2, 0.25) is 21.8 Å². The van der Waals surface area contributed by atoms with Crippen LogP contribution in [0.5, 0.6) is 5.75 Å². The number of nitrogens with one attached hydrogen (secondary N) is 1. The number of rotatable bonds is 11. The first-order valence-corrected chi connectivity index (χ1v) is 14.0. The van der Waals surface area contributed by atoms with E-state index in [0.29, 0.717) is 12.4 Å². The topological polar surface area (TPSA) is 96.0 Å². The molecule has 0 spiro atoms. The molecule has 1 atom stereocenters. The Labute approximate surface area is 212 Å². The molecule has 1 aliphatic carbocycles. The number of hydrogen-bond acceptors (Lipinski definition) is 5. The van der Waals surface area contributed by atoms with Crippen molar-refractivity contribution in [3.05, 3.63) is 59.9 Å². The number of anilines is 1. The van der Waals surface area contributed by atoms with Crippen LogP contribution in [-0.2, 0) is 26.2 Å². The lowest BCUT2D eigenvalue weighted by Crippen LogP contribution is -2.52. The third-order valence-corrected chi connectivity index (χ3v) is 7.42. The maximum absolute atomic E-state index is 14.5. The minimum absolute atomic E-state index is 0.0433. The predicted octanol–water partition coefficient (Wildman–Crippen LogP) is 3.47. The minimum Gasteiger partial charge on any atom is -0.494 e. The van der Waals surface area contributed by atoms with Crippen molar-refractivity contribution >= 4 is 27.5 Å². The molecule has 0 heterocycles. The lowest BCUT2D eigenvalue weighted by atomic mass is 10.1. The number of hydrogen-bond donors (Lipinski definition) is 1. The standard InChI is InChI=1S/C26H34FN3O5S/c1-4-35-23-15-13-22(14-16-23)30(36(3,33)34)18-25(31)29(17-20-9-5-8-12-24(20)27)19(2)26(32)28-21-10-6-7-11-21/h5,8-9,12-16,19,21H,4,6-7,10-11,17-18H2,1-3H3,(H,28,32)/t19-/m1/s1. The number of benzene rings is 2. The van der Waals surface area contributed by atoms with E-state index in [-0.39, 0.29) is 29.7 Å². The van der Waals surface area contributed by atoms with Crippen LogP contribution in [-0.4, -0.2) is 56.6 Å². The summed E-state index contributed by atoms with van der Waals surface area (Å²) < 4.78 is 46.1. The molecule has 196 valence electrons. The summed E-state index contributed by atoms with van der Waals surface area (Å²) in [6.45, 7) is 3.15. The van der Waals surface area contributed by atoms with Gasteiger partial charge in [0.05, 0.1) is 18.6 Å².